The third kappa shape index (κ3) is 3.01. The van der Waals surface area contributed by atoms with Gasteiger partial charge >= 0.3 is 0 Å². The number of carbonyl (C=O) groups is 1. The van der Waals surface area contributed by atoms with Crippen molar-refractivity contribution in [2.24, 2.45) is 11.3 Å². The van der Waals surface area contributed by atoms with Crippen LogP contribution in [0.3, 0.4) is 0 Å². The summed E-state index contributed by atoms with van der Waals surface area (Å²) < 4.78 is 5.20. The Kier molecular flexibility index (Phi) is 5.12. The van der Waals surface area contributed by atoms with Gasteiger partial charge in [0.25, 0.3) is 0 Å². The van der Waals surface area contributed by atoms with Gasteiger partial charge in [-0.05, 0) is 37.4 Å². The highest BCUT2D eigenvalue weighted by Crippen LogP contribution is 2.44. The first-order valence-corrected chi connectivity index (χ1v) is 7.41. The van der Waals surface area contributed by atoms with Gasteiger partial charge in [0.05, 0.1) is 12.5 Å². The van der Waals surface area contributed by atoms with Crippen LogP contribution in [0.2, 0.25) is 0 Å². The van der Waals surface area contributed by atoms with Crippen LogP contribution in [0.25, 0.3) is 0 Å². The molecule has 3 rings (SSSR count). The smallest absolute Gasteiger partial charge is 0.232 e. The van der Waals surface area contributed by atoms with Crippen molar-refractivity contribution in [2.45, 2.75) is 25.7 Å². The standard InChI is InChI=1S/C16H22N2O2.ClH/c1-20-14-7-4-6-13(9-14)18-15(19)16-8-3-2-5-12(16)10-17-11-16;/h4,6-7,9,12,17H,2-3,5,8,10-11H2,1H3,(H,18,19);1H/t12-,16+;/m0./s1. The SMILES string of the molecule is COc1cccc(NC(=O)[C@@]23CCCC[C@H]2CNC3)c1.Cl. The summed E-state index contributed by atoms with van der Waals surface area (Å²) in [5, 5.41) is 6.50. The number of rotatable bonds is 3. The van der Waals surface area contributed by atoms with Crippen LogP contribution in [-0.2, 0) is 4.79 Å². The van der Waals surface area contributed by atoms with Crippen molar-refractivity contribution in [3.05, 3.63) is 24.3 Å². The molecule has 5 heteroatoms. The molecule has 1 aromatic carbocycles. The first kappa shape index (κ1) is 16.1. The topological polar surface area (TPSA) is 50.4 Å². The molecular weight excluding hydrogens is 288 g/mol. The maximum absolute atomic E-state index is 12.8. The lowest BCUT2D eigenvalue weighted by molar-refractivity contribution is -0.128. The molecule has 1 saturated heterocycles. The minimum Gasteiger partial charge on any atom is -0.497 e. The van der Waals surface area contributed by atoms with E-state index in [0.29, 0.717) is 5.92 Å². The number of hydrogen-bond acceptors (Lipinski definition) is 3. The van der Waals surface area contributed by atoms with Crippen molar-refractivity contribution < 1.29 is 9.53 Å². The van der Waals surface area contributed by atoms with Crippen molar-refractivity contribution in [3.8, 4) is 5.75 Å². The van der Waals surface area contributed by atoms with E-state index in [4.69, 9.17) is 4.74 Å². The summed E-state index contributed by atoms with van der Waals surface area (Å²) >= 11 is 0. The maximum atomic E-state index is 12.8. The molecule has 2 aliphatic rings. The van der Waals surface area contributed by atoms with Crippen molar-refractivity contribution >= 4 is 24.0 Å². The Balaban J connectivity index is 0.00000161. The highest BCUT2D eigenvalue weighted by atomic mass is 35.5. The monoisotopic (exact) mass is 310 g/mol. The number of ether oxygens (including phenoxy) is 1. The second-order valence-corrected chi connectivity index (χ2v) is 5.92. The molecule has 1 aromatic rings. The molecule has 0 bridgehead atoms. The molecule has 0 unspecified atom stereocenters. The molecule has 116 valence electrons. The number of hydrogen-bond donors (Lipinski definition) is 2. The Morgan fingerprint density at radius 2 is 2.29 bits per heavy atom. The molecule has 21 heavy (non-hydrogen) atoms. The average molecular weight is 311 g/mol. The van der Waals surface area contributed by atoms with E-state index >= 15 is 0 Å². The highest BCUT2D eigenvalue weighted by molar-refractivity contribution is 5.96. The zero-order chi connectivity index (χ0) is 14.0. The van der Waals surface area contributed by atoms with Crippen LogP contribution in [0.4, 0.5) is 5.69 Å². The van der Waals surface area contributed by atoms with Crippen LogP contribution in [0.15, 0.2) is 24.3 Å². The van der Waals surface area contributed by atoms with Crippen molar-refractivity contribution in [3.63, 3.8) is 0 Å². The van der Waals surface area contributed by atoms with Crippen LogP contribution in [0.5, 0.6) is 5.75 Å². The van der Waals surface area contributed by atoms with Gasteiger partial charge in [0.2, 0.25) is 5.91 Å². The van der Waals surface area contributed by atoms with Gasteiger partial charge in [-0.2, -0.15) is 0 Å². The van der Waals surface area contributed by atoms with Crippen LogP contribution in [0.1, 0.15) is 25.7 Å². The second kappa shape index (κ2) is 6.67. The van der Waals surface area contributed by atoms with E-state index in [1.165, 1.54) is 12.8 Å². The van der Waals surface area contributed by atoms with Crippen LogP contribution >= 0.6 is 12.4 Å². The Bertz CT molecular complexity index is 509. The van der Waals surface area contributed by atoms with Gasteiger partial charge in [0, 0.05) is 18.3 Å². The van der Waals surface area contributed by atoms with Gasteiger partial charge in [-0.1, -0.05) is 18.9 Å². The Hall–Kier alpha value is -1.26. The van der Waals surface area contributed by atoms with E-state index in [1.54, 1.807) is 7.11 Å². The minimum absolute atomic E-state index is 0. The van der Waals surface area contributed by atoms with Crippen molar-refractivity contribution in [2.75, 3.05) is 25.5 Å². The number of benzene rings is 1. The molecule has 1 aliphatic heterocycles. The van der Waals surface area contributed by atoms with E-state index in [2.05, 4.69) is 10.6 Å². The fourth-order valence-electron chi connectivity index (χ4n) is 3.65. The number of methoxy groups -OCH3 is 1. The summed E-state index contributed by atoms with van der Waals surface area (Å²) in [6, 6.07) is 7.57. The Morgan fingerprint density at radius 3 is 3.10 bits per heavy atom. The number of anilines is 1. The average Bonchev–Trinajstić information content (AvgIpc) is 2.92. The quantitative estimate of drug-likeness (QED) is 0.902. The molecule has 1 saturated carbocycles. The first-order chi connectivity index (χ1) is 9.74. The third-order valence-corrected chi connectivity index (χ3v) is 4.82. The largest absolute Gasteiger partial charge is 0.497 e. The molecule has 2 fully saturated rings. The van der Waals surface area contributed by atoms with Gasteiger partial charge in [0.15, 0.2) is 0 Å². The fraction of sp³-hybridized carbons (Fsp3) is 0.562. The lowest BCUT2D eigenvalue weighted by atomic mass is 9.67. The number of halogens is 1. The highest BCUT2D eigenvalue weighted by Gasteiger charge is 2.49. The lowest BCUT2D eigenvalue weighted by Gasteiger charge is -2.37. The van der Waals surface area contributed by atoms with Gasteiger partial charge in [0.1, 0.15) is 5.75 Å². The first-order valence-electron chi connectivity index (χ1n) is 7.41. The van der Waals surface area contributed by atoms with E-state index < -0.39 is 0 Å². The number of fused-ring (bicyclic) bond motifs is 1. The normalized spacial score (nSPS) is 27.4. The van der Waals surface area contributed by atoms with Crippen LogP contribution < -0.4 is 15.4 Å². The van der Waals surface area contributed by atoms with Gasteiger partial charge in [-0.15, -0.1) is 12.4 Å². The zero-order valence-electron chi connectivity index (χ0n) is 12.4. The molecular formula is C16H23ClN2O2. The summed E-state index contributed by atoms with van der Waals surface area (Å²) in [6.07, 6.45) is 4.57. The molecule has 2 atom stereocenters. The zero-order valence-corrected chi connectivity index (χ0v) is 13.2. The molecule has 1 amide bonds. The summed E-state index contributed by atoms with van der Waals surface area (Å²) in [7, 11) is 1.64. The molecule has 0 spiro atoms. The molecule has 0 aromatic heterocycles. The van der Waals surface area contributed by atoms with Crippen molar-refractivity contribution in [1.82, 2.24) is 5.32 Å². The number of carbonyl (C=O) groups excluding carboxylic acids is 1. The van der Waals surface area contributed by atoms with Gasteiger partial charge < -0.3 is 15.4 Å². The minimum atomic E-state index is -0.207. The van der Waals surface area contributed by atoms with E-state index in [-0.39, 0.29) is 23.7 Å². The second-order valence-electron chi connectivity index (χ2n) is 5.92. The Morgan fingerprint density at radius 1 is 1.43 bits per heavy atom. The molecule has 4 nitrogen and oxygen atoms in total. The van der Waals surface area contributed by atoms with E-state index in [1.807, 2.05) is 24.3 Å². The predicted octanol–water partition coefficient (Wildman–Crippen LogP) is 2.84. The lowest BCUT2D eigenvalue weighted by Crippen LogP contribution is -2.44. The van der Waals surface area contributed by atoms with E-state index in [9.17, 15) is 4.79 Å². The maximum Gasteiger partial charge on any atom is 0.232 e. The van der Waals surface area contributed by atoms with E-state index in [0.717, 1.165) is 37.4 Å². The summed E-state index contributed by atoms with van der Waals surface area (Å²) in [6.45, 7) is 1.79. The summed E-state index contributed by atoms with van der Waals surface area (Å²) in [4.78, 5) is 12.8. The summed E-state index contributed by atoms with van der Waals surface area (Å²) in [5.74, 6) is 1.42. The number of amides is 1. The van der Waals surface area contributed by atoms with Gasteiger partial charge in [-0.3, -0.25) is 4.79 Å². The Labute approximate surface area is 132 Å². The summed E-state index contributed by atoms with van der Waals surface area (Å²) in [5.41, 5.74) is 0.612. The third-order valence-electron chi connectivity index (χ3n) is 4.82. The number of nitrogens with one attached hydrogen (secondary N) is 2. The molecule has 1 aliphatic carbocycles. The fourth-order valence-corrected chi connectivity index (χ4v) is 3.65. The molecule has 2 N–H and O–H groups in total. The van der Waals surface area contributed by atoms with Crippen molar-refractivity contribution in [1.29, 1.82) is 0 Å². The van der Waals surface area contributed by atoms with Crippen LogP contribution in [-0.4, -0.2) is 26.1 Å². The molecule has 0 radical (unpaired) electrons. The predicted molar refractivity (Wildman–Crippen MR) is 86.1 cm³/mol. The van der Waals surface area contributed by atoms with Gasteiger partial charge in [-0.25, -0.2) is 0 Å². The van der Waals surface area contributed by atoms with Crippen LogP contribution in [0, 0.1) is 11.3 Å². The molecule has 1 heterocycles.